The second kappa shape index (κ2) is 5.95. The number of halogens is 4. The average molecular weight is 298 g/mol. The number of hydrogen-bond donors (Lipinski definition) is 0. The van der Waals surface area contributed by atoms with E-state index in [1.807, 2.05) is 0 Å². The molecule has 0 radical (unpaired) electrons. The Balaban J connectivity index is 2.28. The van der Waals surface area contributed by atoms with Crippen molar-refractivity contribution in [2.75, 3.05) is 0 Å². The Bertz CT molecular complexity index is 623. The number of esters is 1. The lowest BCUT2D eigenvalue weighted by atomic mass is 10.1. The molecule has 0 bridgehead atoms. The molecular weight excluding hydrogens is 288 g/mol. The molecule has 0 aromatic heterocycles. The SMILES string of the molecule is O=C(OC(c1cccc(F)c1)C(F)(F)F)c1ccccc1. The Kier molecular flexibility index (Phi) is 4.26. The van der Waals surface area contributed by atoms with Crippen molar-refractivity contribution in [2.24, 2.45) is 0 Å². The number of benzene rings is 2. The van der Waals surface area contributed by atoms with E-state index in [-0.39, 0.29) is 5.56 Å². The third kappa shape index (κ3) is 3.81. The van der Waals surface area contributed by atoms with Crippen LogP contribution in [0.2, 0.25) is 0 Å². The minimum atomic E-state index is -4.84. The van der Waals surface area contributed by atoms with Gasteiger partial charge in [-0.25, -0.2) is 9.18 Å². The second-order valence-electron chi connectivity index (χ2n) is 4.25. The van der Waals surface area contributed by atoms with Crippen LogP contribution in [0.5, 0.6) is 0 Å². The van der Waals surface area contributed by atoms with Crippen molar-refractivity contribution < 1.29 is 27.1 Å². The van der Waals surface area contributed by atoms with Gasteiger partial charge >= 0.3 is 12.1 Å². The molecule has 0 aliphatic rings. The highest BCUT2D eigenvalue weighted by molar-refractivity contribution is 5.89. The molecule has 0 N–H and O–H groups in total. The molecule has 21 heavy (non-hydrogen) atoms. The molecule has 2 rings (SSSR count). The molecule has 0 heterocycles. The van der Waals surface area contributed by atoms with E-state index >= 15 is 0 Å². The van der Waals surface area contributed by atoms with E-state index < -0.39 is 29.6 Å². The van der Waals surface area contributed by atoms with Crippen LogP contribution in [0.1, 0.15) is 22.0 Å². The fourth-order valence-corrected chi connectivity index (χ4v) is 1.74. The van der Waals surface area contributed by atoms with E-state index in [1.54, 1.807) is 6.07 Å². The van der Waals surface area contributed by atoms with Crippen LogP contribution in [0, 0.1) is 5.82 Å². The summed E-state index contributed by atoms with van der Waals surface area (Å²) >= 11 is 0. The van der Waals surface area contributed by atoms with Crippen molar-refractivity contribution >= 4 is 5.97 Å². The molecule has 2 nitrogen and oxygen atoms in total. The van der Waals surface area contributed by atoms with Gasteiger partial charge in [0.05, 0.1) is 5.56 Å². The van der Waals surface area contributed by atoms with Crippen LogP contribution in [0.3, 0.4) is 0 Å². The Hall–Kier alpha value is -2.37. The van der Waals surface area contributed by atoms with Gasteiger partial charge in [-0.15, -0.1) is 0 Å². The first-order valence-electron chi connectivity index (χ1n) is 5.96. The summed E-state index contributed by atoms with van der Waals surface area (Å²) < 4.78 is 56.6. The molecule has 2 aromatic carbocycles. The van der Waals surface area contributed by atoms with E-state index in [1.165, 1.54) is 24.3 Å². The molecule has 110 valence electrons. The summed E-state index contributed by atoms with van der Waals surface area (Å²) in [5.41, 5.74) is -0.477. The molecule has 0 saturated heterocycles. The number of alkyl halides is 3. The number of rotatable bonds is 3. The van der Waals surface area contributed by atoms with Crippen LogP contribution in [0.4, 0.5) is 17.6 Å². The van der Waals surface area contributed by atoms with Gasteiger partial charge in [0.15, 0.2) is 0 Å². The maximum absolute atomic E-state index is 13.1. The Morgan fingerprint density at radius 2 is 1.67 bits per heavy atom. The van der Waals surface area contributed by atoms with Gasteiger partial charge in [-0.2, -0.15) is 13.2 Å². The Labute approximate surface area is 118 Å². The number of ether oxygens (including phenoxy) is 1. The maximum atomic E-state index is 13.1. The van der Waals surface area contributed by atoms with Gasteiger partial charge in [-0.1, -0.05) is 30.3 Å². The van der Waals surface area contributed by atoms with E-state index in [2.05, 4.69) is 4.74 Å². The van der Waals surface area contributed by atoms with Gasteiger partial charge in [0.2, 0.25) is 6.10 Å². The standard InChI is InChI=1S/C15H10F4O2/c16-12-8-4-7-11(9-12)13(15(17,18)19)21-14(20)10-5-2-1-3-6-10/h1-9,13H. The van der Waals surface area contributed by atoms with E-state index in [0.717, 1.165) is 18.2 Å². The zero-order valence-corrected chi connectivity index (χ0v) is 10.6. The number of carbonyl (C=O) groups excluding carboxylic acids is 1. The number of hydrogen-bond acceptors (Lipinski definition) is 2. The van der Waals surface area contributed by atoms with E-state index in [4.69, 9.17) is 0 Å². The van der Waals surface area contributed by atoms with Gasteiger partial charge in [-0.3, -0.25) is 0 Å². The van der Waals surface area contributed by atoms with E-state index in [0.29, 0.717) is 6.07 Å². The molecular formula is C15H10F4O2. The first-order valence-corrected chi connectivity index (χ1v) is 5.96. The molecule has 0 spiro atoms. The van der Waals surface area contributed by atoms with Gasteiger partial charge in [0.25, 0.3) is 0 Å². The minimum absolute atomic E-state index is 0.0110. The van der Waals surface area contributed by atoms with Gasteiger partial charge in [0, 0.05) is 5.56 Å². The zero-order valence-electron chi connectivity index (χ0n) is 10.6. The second-order valence-corrected chi connectivity index (χ2v) is 4.25. The van der Waals surface area contributed by atoms with Gasteiger partial charge in [-0.05, 0) is 24.3 Å². The van der Waals surface area contributed by atoms with E-state index in [9.17, 15) is 22.4 Å². The molecule has 2 aromatic rings. The van der Waals surface area contributed by atoms with Crippen molar-refractivity contribution in [3.05, 3.63) is 71.5 Å². The van der Waals surface area contributed by atoms with Crippen molar-refractivity contribution in [3.63, 3.8) is 0 Å². The Morgan fingerprint density at radius 3 is 2.24 bits per heavy atom. The maximum Gasteiger partial charge on any atom is 0.429 e. The lowest BCUT2D eigenvalue weighted by molar-refractivity contribution is -0.207. The predicted molar refractivity (Wildman–Crippen MR) is 67.1 cm³/mol. The highest BCUT2D eigenvalue weighted by Gasteiger charge is 2.44. The van der Waals surface area contributed by atoms with Crippen LogP contribution in [0.25, 0.3) is 0 Å². The third-order valence-corrected chi connectivity index (χ3v) is 2.68. The average Bonchev–Trinajstić information content (AvgIpc) is 2.44. The summed E-state index contributed by atoms with van der Waals surface area (Å²) in [5, 5.41) is 0. The first kappa shape index (κ1) is 15.0. The van der Waals surface area contributed by atoms with Crippen LogP contribution in [-0.2, 0) is 4.74 Å². The molecule has 1 unspecified atom stereocenters. The molecule has 6 heteroatoms. The zero-order chi connectivity index (χ0) is 15.5. The summed E-state index contributed by atoms with van der Waals surface area (Å²) in [6, 6.07) is 11.2. The highest BCUT2D eigenvalue weighted by atomic mass is 19.4. The molecule has 0 aliphatic carbocycles. The monoisotopic (exact) mass is 298 g/mol. The van der Waals surface area contributed by atoms with Crippen LogP contribution in [-0.4, -0.2) is 12.1 Å². The largest absolute Gasteiger partial charge is 0.444 e. The fraction of sp³-hybridized carbons (Fsp3) is 0.133. The van der Waals surface area contributed by atoms with Crippen LogP contribution < -0.4 is 0 Å². The predicted octanol–water partition coefficient (Wildman–Crippen LogP) is 4.29. The lowest BCUT2D eigenvalue weighted by Gasteiger charge is -2.21. The highest BCUT2D eigenvalue weighted by Crippen LogP contribution is 2.36. The lowest BCUT2D eigenvalue weighted by Crippen LogP contribution is -2.26. The normalized spacial score (nSPS) is 12.8. The Morgan fingerprint density at radius 1 is 1.00 bits per heavy atom. The fourth-order valence-electron chi connectivity index (χ4n) is 1.74. The van der Waals surface area contributed by atoms with Gasteiger partial charge < -0.3 is 4.74 Å². The van der Waals surface area contributed by atoms with Crippen molar-refractivity contribution in [1.29, 1.82) is 0 Å². The molecule has 0 aliphatic heterocycles. The van der Waals surface area contributed by atoms with Crippen LogP contribution in [0.15, 0.2) is 54.6 Å². The smallest absolute Gasteiger partial charge is 0.429 e. The first-order chi connectivity index (χ1) is 9.88. The number of carbonyl (C=O) groups is 1. The molecule has 0 fully saturated rings. The quantitative estimate of drug-likeness (QED) is 0.624. The molecule has 0 saturated carbocycles. The molecule has 0 amide bonds. The summed E-state index contributed by atoms with van der Waals surface area (Å²) in [5.74, 6) is -1.96. The van der Waals surface area contributed by atoms with Crippen molar-refractivity contribution in [1.82, 2.24) is 0 Å². The topological polar surface area (TPSA) is 26.3 Å². The summed E-state index contributed by atoms with van der Waals surface area (Å²) in [6.07, 6.45) is -7.35. The molecule has 1 atom stereocenters. The van der Waals surface area contributed by atoms with Crippen LogP contribution >= 0.6 is 0 Å². The van der Waals surface area contributed by atoms with Gasteiger partial charge in [0.1, 0.15) is 5.82 Å². The minimum Gasteiger partial charge on any atom is -0.444 e. The van der Waals surface area contributed by atoms with Crippen molar-refractivity contribution in [3.8, 4) is 0 Å². The van der Waals surface area contributed by atoms with Crippen molar-refractivity contribution in [2.45, 2.75) is 12.3 Å². The summed E-state index contributed by atoms with van der Waals surface area (Å²) in [7, 11) is 0. The summed E-state index contributed by atoms with van der Waals surface area (Å²) in [6.45, 7) is 0. The summed E-state index contributed by atoms with van der Waals surface area (Å²) in [4.78, 5) is 11.7. The third-order valence-electron chi connectivity index (χ3n) is 2.68.